The van der Waals surface area contributed by atoms with E-state index in [1.54, 1.807) is 0 Å². The maximum Gasteiger partial charge on any atom is 0.262 e. The van der Waals surface area contributed by atoms with Crippen LogP contribution in [-0.4, -0.2) is 42.4 Å². The number of nitrogens with zero attached hydrogens (tertiary/aromatic N) is 7. The molecule has 7 nitrogen and oxygen atoms in total. The summed E-state index contributed by atoms with van der Waals surface area (Å²) in [6, 6.07) is 43.5. The number of aromatic nitrogens is 7. The van der Waals surface area contributed by atoms with Crippen LogP contribution in [0.15, 0.2) is 152 Å². The molecule has 1 atom stereocenters. The van der Waals surface area contributed by atoms with Crippen LogP contribution in [0.4, 0.5) is 0 Å². The number of hydrogen-bond donors (Lipinski definition) is 0. The minimum absolute atomic E-state index is 0.569. The summed E-state index contributed by atoms with van der Waals surface area (Å²) in [4.78, 5) is 29.6. The first kappa shape index (κ1) is 26.3. The molecule has 46 heavy (non-hydrogen) atoms. The van der Waals surface area contributed by atoms with Gasteiger partial charge in [-0.25, -0.2) is 19.9 Å². The maximum atomic E-state index is 5.18. The van der Waals surface area contributed by atoms with Gasteiger partial charge in [-0.15, -0.1) is 0 Å². The van der Waals surface area contributed by atoms with Gasteiger partial charge in [0.15, 0.2) is 17.5 Å². The van der Waals surface area contributed by atoms with Crippen molar-refractivity contribution < 1.29 is 0 Å². The molecule has 0 spiro atoms. The first-order valence-corrected chi connectivity index (χ1v) is 17.1. The summed E-state index contributed by atoms with van der Waals surface area (Å²) in [7, 11) is -3.00. The molecule has 0 amide bonds. The van der Waals surface area contributed by atoms with Crippen molar-refractivity contribution in [3.8, 4) is 45.6 Å². The van der Waals surface area contributed by atoms with Gasteiger partial charge in [-0.05, 0) is 39.8 Å². The van der Waals surface area contributed by atoms with Crippen LogP contribution in [0.1, 0.15) is 0 Å². The minimum Gasteiger partial charge on any atom is -0.338 e. The third-order valence-corrected chi connectivity index (χ3v) is 13.2. The van der Waals surface area contributed by atoms with Gasteiger partial charge in [0.1, 0.15) is 5.82 Å². The number of benzene rings is 4. The van der Waals surface area contributed by atoms with E-state index in [0.29, 0.717) is 17.5 Å². The fourth-order valence-corrected chi connectivity index (χ4v) is 11.6. The lowest BCUT2D eigenvalue weighted by molar-refractivity contribution is 1.07. The SMILES string of the molecule is c1ccc(-c2nc(-c3ccccc3)nc(-c3cncc([Si]4(c5cccnc5)c5ccccc5-c5nc6ccccc6n54)c3)n2)cc1. The highest BCUT2D eigenvalue weighted by Gasteiger charge is 2.51. The molecule has 4 aromatic heterocycles. The maximum absolute atomic E-state index is 5.18. The second kappa shape index (κ2) is 10.5. The van der Waals surface area contributed by atoms with Crippen molar-refractivity contribution in [1.29, 1.82) is 0 Å². The first-order valence-electron chi connectivity index (χ1n) is 15.1. The average molecular weight is 608 g/mol. The summed E-state index contributed by atoms with van der Waals surface area (Å²) < 4.78 is 2.48. The lowest BCUT2D eigenvalue weighted by atomic mass is 10.1. The molecule has 4 aromatic carbocycles. The molecule has 216 valence electrons. The van der Waals surface area contributed by atoms with E-state index in [0.717, 1.165) is 49.5 Å². The molecule has 8 aromatic rings. The Hall–Kier alpha value is -6.12. The van der Waals surface area contributed by atoms with Crippen molar-refractivity contribution in [2.24, 2.45) is 0 Å². The number of imidazole rings is 1. The Balaban J connectivity index is 1.33. The van der Waals surface area contributed by atoms with Crippen LogP contribution in [-0.2, 0) is 0 Å². The Labute approximate surface area is 266 Å². The molecule has 0 aliphatic carbocycles. The van der Waals surface area contributed by atoms with Gasteiger partial charge in [-0.3, -0.25) is 9.97 Å². The first-order chi connectivity index (χ1) is 22.8. The van der Waals surface area contributed by atoms with E-state index in [-0.39, 0.29) is 0 Å². The Morgan fingerprint density at radius 2 is 1.11 bits per heavy atom. The summed E-state index contributed by atoms with van der Waals surface area (Å²) in [5, 5.41) is 3.49. The monoisotopic (exact) mass is 607 g/mol. The van der Waals surface area contributed by atoms with Gasteiger partial charge in [-0.2, -0.15) is 0 Å². The van der Waals surface area contributed by atoms with Gasteiger partial charge in [0.05, 0.1) is 11.0 Å². The molecule has 1 aliphatic rings. The van der Waals surface area contributed by atoms with Crippen LogP contribution in [0.2, 0.25) is 0 Å². The van der Waals surface area contributed by atoms with Gasteiger partial charge >= 0.3 is 0 Å². The molecule has 0 bridgehead atoms. The Kier molecular flexibility index (Phi) is 6.00. The fourth-order valence-electron chi connectivity index (χ4n) is 6.67. The molecule has 0 saturated heterocycles. The number of rotatable bonds is 5. The third kappa shape index (κ3) is 3.97. The summed E-state index contributed by atoms with van der Waals surface area (Å²) in [5.41, 5.74) is 5.86. The molecular weight excluding hydrogens is 583 g/mol. The van der Waals surface area contributed by atoms with E-state index in [1.807, 2.05) is 97.6 Å². The molecule has 5 heterocycles. The zero-order valence-electron chi connectivity index (χ0n) is 24.6. The van der Waals surface area contributed by atoms with E-state index in [2.05, 4.69) is 63.8 Å². The van der Waals surface area contributed by atoms with Crippen LogP contribution in [0, 0.1) is 0 Å². The molecule has 0 fully saturated rings. The smallest absolute Gasteiger partial charge is 0.262 e. The Morgan fingerprint density at radius 3 is 1.83 bits per heavy atom. The van der Waals surface area contributed by atoms with E-state index in [9.17, 15) is 0 Å². The highest BCUT2D eigenvalue weighted by atomic mass is 28.3. The van der Waals surface area contributed by atoms with Crippen LogP contribution in [0.5, 0.6) is 0 Å². The lowest BCUT2D eigenvalue weighted by Crippen LogP contribution is -2.70. The fraction of sp³-hybridized carbons (Fsp3) is 0. The molecule has 1 unspecified atom stereocenters. The third-order valence-electron chi connectivity index (χ3n) is 8.65. The molecule has 0 N–H and O–H groups in total. The zero-order valence-corrected chi connectivity index (χ0v) is 25.6. The number of fused-ring (bicyclic) bond motifs is 5. The van der Waals surface area contributed by atoms with E-state index >= 15 is 0 Å². The van der Waals surface area contributed by atoms with Gasteiger partial charge < -0.3 is 4.23 Å². The predicted octanol–water partition coefficient (Wildman–Crippen LogP) is 5.51. The van der Waals surface area contributed by atoms with Gasteiger partial charge in [0.25, 0.3) is 8.24 Å². The molecule has 1 aliphatic heterocycles. The zero-order chi connectivity index (χ0) is 30.5. The average Bonchev–Trinajstić information content (AvgIpc) is 3.66. The topological polar surface area (TPSA) is 82.3 Å². The van der Waals surface area contributed by atoms with Crippen molar-refractivity contribution in [2.75, 3.05) is 0 Å². The normalized spacial score (nSPS) is 15.0. The van der Waals surface area contributed by atoms with E-state index in [1.165, 1.54) is 5.19 Å². The highest BCUT2D eigenvalue weighted by Crippen LogP contribution is 2.35. The second-order valence-corrected chi connectivity index (χ2v) is 14.8. The van der Waals surface area contributed by atoms with Crippen molar-refractivity contribution in [2.45, 2.75) is 0 Å². The predicted molar refractivity (Wildman–Crippen MR) is 183 cm³/mol. The van der Waals surface area contributed by atoms with Gasteiger partial charge in [-0.1, -0.05) is 103 Å². The molecule has 0 radical (unpaired) electrons. The molecule has 0 saturated carbocycles. The number of pyridine rings is 2. The highest BCUT2D eigenvalue weighted by molar-refractivity contribution is 7.12. The van der Waals surface area contributed by atoms with Crippen molar-refractivity contribution in [3.63, 3.8) is 0 Å². The molecular formula is C38H25N7Si. The van der Waals surface area contributed by atoms with Gasteiger partial charge in [0.2, 0.25) is 0 Å². The van der Waals surface area contributed by atoms with Crippen molar-refractivity contribution in [1.82, 2.24) is 34.1 Å². The van der Waals surface area contributed by atoms with Crippen LogP contribution in [0.3, 0.4) is 0 Å². The summed E-state index contributed by atoms with van der Waals surface area (Å²) in [5.74, 6) is 2.77. The second-order valence-electron chi connectivity index (χ2n) is 11.3. The summed E-state index contributed by atoms with van der Waals surface area (Å²) in [6.45, 7) is 0. The Morgan fingerprint density at radius 1 is 0.478 bits per heavy atom. The number of hydrogen-bond acceptors (Lipinski definition) is 6. The van der Waals surface area contributed by atoms with Crippen LogP contribution < -0.4 is 15.6 Å². The lowest BCUT2D eigenvalue weighted by Gasteiger charge is -2.31. The summed E-state index contributed by atoms with van der Waals surface area (Å²) >= 11 is 0. The number of para-hydroxylation sites is 2. The minimum atomic E-state index is -3.00. The van der Waals surface area contributed by atoms with Crippen molar-refractivity contribution >= 4 is 34.8 Å². The Bertz CT molecular complexity index is 2320. The van der Waals surface area contributed by atoms with Crippen LogP contribution >= 0.6 is 0 Å². The van der Waals surface area contributed by atoms with E-state index < -0.39 is 8.24 Å². The standard InChI is InChI=1S/C38H25N7Si/c1-3-12-26(13-4-1)35-42-36(27-14-5-2-6-15-27)44-37(43-35)28-22-30(25-40-23-28)46(29-16-11-21-39-24-29)34-20-10-7-17-31(34)38-41-32-18-8-9-19-33(32)45(38)46/h1-25H. The van der Waals surface area contributed by atoms with Crippen molar-refractivity contribution in [3.05, 3.63) is 152 Å². The quantitative estimate of drug-likeness (QED) is 0.240. The van der Waals surface area contributed by atoms with Crippen LogP contribution in [0.25, 0.3) is 56.6 Å². The summed E-state index contributed by atoms with van der Waals surface area (Å²) in [6.07, 6.45) is 7.68. The molecule has 9 rings (SSSR count). The van der Waals surface area contributed by atoms with Gasteiger partial charge in [0, 0.05) is 47.0 Å². The largest absolute Gasteiger partial charge is 0.338 e. The van der Waals surface area contributed by atoms with E-state index in [4.69, 9.17) is 24.9 Å². The molecule has 8 heteroatoms.